The predicted molar refractivity (Wildman–Crippen MR) is 68.3 cm³/mol. The van der Waals surface area contributed by atoms with Gasteiger partial charge in [-0.1, -0.05) is 5.16 Å². The standard InChI is InChI=1S/C12H10N4O5/c1-7-5-10(21-15-7)13-9(17)6-16-12(18)20-11(14-16)8-3-2-4-19-8/h2-5H,6H2,1H3,(H,13,17). The number of hydrogen-bond donors (Lipinski definition) is 1. The molecule has 9 heteroatoms. The Morgan fingerprint density at radius 3 is 3.00 bits per heavy atom. The summed E-state index contributed by atoms with van der Waals surface area (Å²) in [7, 11) is 0. The Morgan fingerprint density at radius 2 is 2.33 bits per heavy atom. The SMILES string of the molecule is Cc1cc(NC(=O)Cn2nc(-c3ccco3)oc2=O)on1. The highest BCUT2D eigenvalue weighted by atomic mass is 16.5. The lowest BCUT2D eigenvalue weighted by molar-refractivity contribution is -0.117. The van der Waals surface area contributed by atoms with Gasteiger partial charge in [0.25, 0.3) is 5.89 Å². The molecule has 0 aliphatic heterocycles. The first-order chi connectivity index (χ1) is 10.1. The second-order valence-electron chi connectivity index (χ2n) is 4.19. The van der Waals surface area contributed by atoms with Gasteiger partial charge < -0.3 is 13.4 Å². The van der Waals surface area contributed by atoms with Crippen LogP contribution in [0.4, 0.5) is 5.88 Å². The second kappa shape index (κ2) is 5.12. The zero-order valence-corrected chi connectivity index (χ0v) is 10.9. The monoisotopic (exact) mass is 290 g/mol. The Kier molecular flexibility index (Phi) is 3.14. The van der Waals surface area contributed by atoms with E-state index in [-0.39, 0.29) is 18.3 Å². The van der Waals surface area contributed by atoms with Crippen LogP contribution in [0.15, 0.2) is 42.6 Å². The third kappa shape index (κ3) is 2.76. The van der Waals surface area contributed by atoms with Crippen molar-refractivity contribution in [3.63, 3.8) is 0 Å². The summed E-state index contributed by atoms with van der Waals surface area (Å²) in [5.74, 6) is -0.747. The molecule has 3 aromatic rings. The fourth-order valence-electron chi connectivity index (χ4n) is 1.64. The topological polar surface area (TPSA) is 116 Å². The Bertz CT molecular complexity index is 811. The second-order valence-corrected chi connectivity index (χ2v) is 4.19. The Balaban J connectivity index is 1.73. The van der Waals surface area contributed by atoms with Crippen LogP contribution in [0.1, 0.15) is 5.69 Å². The van der Waals surface area contributed by atoms with Crippen molar-refractivity contribution in [3.8, 4) is 11.7 Å². The molecule has 0 saturated heterocycles. The van der Waals surface area contributed by atoms with Gasteiger partial charge in [-0.2, -0.15) is 4.68 Å². The highest BCUT2D eigenvalue weighted by Gasteiger charge is 2.15. The van der Waals surface area contributed by atoms with Crippen molar-refractivity contribution in [3.05, 3.63) is 40.7 Å². The molecule has 0 saturated carbocycles. The molecule has 0 radical (unpaired) electrons. The molecule has 0 atom stereocenters. The van der Waals surface area contributed by atoms with Gasteiger partial charge in [-0.05, 0) is 19.1 Å². The van der Waals surface area contributed by atoms with E-state index in [9.17, 15) is 9.59 Å². The number of carbonyl (C=O) groups excluding carboxylic acids is 1. The summed E-state index contributed by atoms with van der Waals surface area (Å²) in [6.45, 7) is 1.40. The summed E-state index contributed by atoms with van der Waals surface area (Å²) in [6, 6.07) is 4.78. The lowest BCUT2D eigenvalue weighted by atomic mass is 10.4. The molecule has 0 unspecified atom stereocenters. The lowest BCUT2D eigenvalue weighted by Crippen LogP contribution is -2.25. The van der Waals surface area contributed by atoms with Gasteiger partial charge in [-0.15, -0.1) is 5.10 Å². The molecule has 1 amide bonds. The summed E-state index contributed by atoms with van der Waals surface area (Å²) in [5.41, 5.74) is 0.629. The van der Waals surface area contributed by atoms with Gasteiger partial charge in [-0.3, -0.25) is 10.1 Å². The average Bonchev–Trinajstić information content (AvgIpc) is 3.13. The van der Waals surface area contributed by atoms with E-state index in [1.807, 2.05) is 0 Å². The summed E-state index contributed by atoms with van der Waals surface area (Å²) in [4.78, 5) is 23.4. The van der Waals surface area contributed by atoms with Crippen molar-refractivity contribution in [1.82, 2.24) is 14.9 Å². The molecular formula is C12H10N4O5. The minimum Gasteiger partial charge on any atom is -0.459 e. The van der Waals surface area contributed by atoms with Crippen molar-refractivity contribution in [2.24, 2.45) is 0 Å². The number of anilines is 1. The first-order valence-corrected chi connectivity index (χ1v) is 5.97. The number of carbonyl (C=O) groups is 1. The molecule has 9 nitrogen and oxygen atoms in total. The Hall–Kier alpha value is -3.10. The van der Waals surface area contributed by atoms with Crippen molar-refractivity contribution < 1.29 is 18.2 Å². The molecule has 3 rings (SSSR count). The zero-order valence-electron chi connectivity index (χ0n) is 10.9. The van der Waals surface area contributed by atoms with E-state index in [4.69, 9.17) is 13.4 Å². The number of aryl methyl sites for hydroxylation is 1. The fraction of sp³-hybridized carbons (Fsp3) is 0.167. The largest absolute Gasteiger partial charge is 0.459 e. The number of rotatable bonds is 4. The first kappa shape index (κ1) is 12.9. The van der Waals surface area contributed by atoms with Crippen molar-refractivity contribution in [2.45, 2.75) is 13.5 Å². The van der Waals surface area contributed by atoms with E-state index in [0.29, 0.717) is 11.5 Å². The van der Waals surface area contributed by atoms with Crippen molar-refractivity contribution >= 4 is 11.8 Å². The number of nitrogens with zero attached hydrogens (tertiary/aromatic N) is 3. The van der Waals surface area contributed by atoms with Gasteiger partial charge in [0.15, 0.2) is 5.76 Å². The van der Waals surface area contributed by atoms with E-state index in [1.165, 1.54) is 6.26 Å². The number of furan rings is 1. The van der Waals surface area contributed by atoms with Crippen LogP contribution in [-0.4, -0.2) is 20.8 Å². The highest BCUT2D eigenvalue weighted by molar-refractivity contribution is 5.89. The van der Waals surface area contributed by atoms with Gasteiger partial charge >= 0.3 is 5.76 Å². The van der Waals surface area contributed by atoms with Crippen LogP contribution >= 0.6 is 0 Å². The summed E-state index contributed by atoms with van der Waals surface area (Å²) < 4.78 is 15.7. The van der Waals surface area contributed by atoms with E-state index >= 15 is 0 Å². The maximum absolute atomic E-state index is 11.8. The number of aromatic nitrogens is 3. The molecule has 0 aliphatic rings. The molecule has 3 aromatic heterocycles. The van der Waals surface area contributed by atoms with Crippen LogP contribution in [0.3, 0.4) is 0 Å². The molecule has 0 aliphatic carbocycles. The maximum Gasteiger partial charge on any atom is 0.437 e. The summed E-state index contributed by atoms with van der Waals surface area (Å²) in [5, 5.41) is 9.95. The lowest BCUT2D eigenvalue weighted by Gasteiger charge is -1.98. The third-order valence-corrected chi connectivity index (χ3v) is 2.52. The van der Waals surface area contributed by atoms with Gasteiger partial charge in [0, 0.05) is 6.07 Å². The van der Waals surface area contributed by atoms with E-state index < -0.39 is 11.7 Å². The van der Waals surface area contributed by atoms with Gasteiger partial charge in [0.05, 0.1) is 12.0 Å². The van der Waals surface area contributed by atoms with Crippen LogP contribution in [-0.2, 0) is 11.3 Å². The summed E-state index contributed by atoms with van der Waals surface area (Å²) in [6.07, 6.45) is 1.42. The maximum atomic E-state index is 11.8. The minimum atomic E-state index is -0.759. The summed E-state index contributed by atoms with van der Waals surface area (Å²) >= 11 is 0. The molecule has 3 heterocycles. The first-order valence-electron chi connectivity index (χ1n) is 5.97. The van der Waals surface area contributed by atoms with Crippen molar-refractivity contribution in [1.29, 1.82) is 0 Å². The Morgan fingerprint density at radius 1 is 1.48 bits per heavy atom. The number of nitrogens with one attached hydrogen (secondary N) is 1. The number of amides is 1. The van der Waals surface area contributed by atoms with Crippen LogP contribution < -0.4 is 11.1 Å². The normalized spacial score (nSPS) is 10.7. The molecule has 0 aromatic carbocycles. The molecule has 108 valence electrons. The molecule has 0 spiro atoms. The molecule has 21 heavy (non-hydrogen) atoms. The highest BCUT2D eigenvalue weighted by Crippen LogP contribution is 2.15. The van der Waals surface area contributed by atoms with Crippen LogP contribution in [0.5, 0.6) is 0 Å². The Labute approximate surface area is 117 Å². The molecule has 1 N–H and O–H groups in total. The van der Waals surface area contributed by atoms with Crippen LogP contribution in [0.2, 0.25) is 0 Å². The number of hydrogen-bond acceptors (Lipinski definition) is 7. The zero-order chi connectivity index (χ0) is 14.8. The van der Waals surface area contributed by atoms with Gasteiger partial charge in [-0.25, -0.2) is 4.79 Å². The van der Waals surface area contributed by atoms with Crippen LogP contribution in [0.25, 0.3) is 11.7 Å². The third-order valence-electron chi connectivity index (χ3n) is 2.52. The fourth-order valence-corrected chi connectivity index (χ4v) is 1.64. The minimum absolute atomic E-state index is 0.00769. The van der Waals surface area contributed by atoms with E-state index in [1.54, 1.807) is 25.1 Å². The molecule has 0 bridgehead atoms. The van der Waals surface area contributed by atoms with Gasteiger partial charge in [0.1, 0.15) is 6.54 Å². The van der Waals surface area contributed by atoms with Gasteiger partial charge in [0.2, 0.25) is 11.8 Å². The molecular weight excluding hydrogens is 280 g/mol. The van der Waals surface area contributed by atoms with Crippen molar-refractivity contribution in [2.75, 3.05) is 5.32 Å². The smallest absolute Gasteiger partial charge is 0.437 e. The van der Waals surface area contributed by atoms with E-state index in [0.717, 1.165) is 4.68 Å². The van der Waals surface area contributed by atoms with Crippen LogP contribution in [0, 0.1) is 6.92 Å². The predicted octanol–water partition coefficient (Wildman–Crippen LogP) is 1.03. The quantitative estimate of drug-likeness (QED) is 0.762. The molecule has 0 fully saturated rings. The van der Waals surface area contributed by atoms with E-state index in [2.05, 4.69) is 15.6 Å². The average molecular weight is 290 g/mol.